The molecule has 1 N–H and O–H groups in total. The van der Waals surface area contributed by atoms with Crippen LogP contribution in [0.4, 0.5) is 5.69 Å². The minimum atomic E-state index is -3.92. The van der Waals surface area contributed by atoms with Crippen molar-refractivity contribution in [2.45, 2.75) is 4.90 Å². The molecular weight excluding hydrogens is 318 g/mol. The number of rotatable bonds is 4. The van der Waals surface area contributed by atoms with E-state index in [1.807, 2.05) is 0 Å². The van der Waals surface area contributed by atoms with E-state index < -0.39 is 9.05 Å². The number of carbonyl (C=O) groups is 1. The summed E-state index contributed by atoms with van der Waals surface area (Å²) in [5.41, 5.74) is 0.741. The quantitative estimate of drug-likeness (QED) is 0.861. The normalized spacial score (nSPS) is 11.2. The first-order valence-electron chi connectivity index (χ1n) is 5.75. The zero-order valence-corrected chi connectivity index (χ0v) is 12.8. The standard InChI is InChI=1S/C12H12ClN3O4S/c1-16-9(5-6-14-16)12(17)15-8-3-4-11(21(13,18)19)10(7-8)20-2/h3-7H,1-2H3,(H,15,17). The SMILES string of the molecule is COc1cc(NC(=O)c2ccnn2C)ccc1S(=O)(=O)Cl. The summed E-state index contributed by atoms with van der Waals surface area (Å²) in [6, 6.07) is 5.62. The maximum Gasteiger partial charge on any atom is 0.273 e. The Balaban J connectivity index is 2.30. The number of benzene rings is 1. The van der Waals surface area contributed by atoms with Crippen molar-refractivity contribution in [1.82, 2.24) is 9.78 Å². The van der Waals surface area contributed by atoms with Gasteiger partial charge < -0.3 is 10.1 Å². The minimum Gasteiger partial charge on any atom is -0.495 e. The lowest BCUT2D eigenvalue weighted by molar-refractivity contribution is 0.101. The topological polar surface area (TPSA) is 90.3 Å². The van der Waals surface area contributed by atoms with E-state index in [0.717, 1.165) is 0 Å². The molecule has 0 spiro atoms. The van der Waals surface area contributed by atoms with Gasteiger partial charge in [-0.05, 0) is 18.2 Å². The Labute approximate surface area is 125 Å². The largest absolute Gasteiger partial charge is 0.495 e. The first-order valence-corrected chi connectivity index (χ1v) is 8.06. The highest BCUT2D eigenvalue weighted by Gasteiger charge is 2.18. The highest BCUT2D eigenvalue weighted by molar-refractivity contribution is 8.13. The number of ether oxygens (including phenoxy) is 1. The molecule has 1 amide bonds. The van der Waals surface area contributed by atoms with Crippen LogP contribution in [0.1, 0.15) is 10.5 Å². The van der Waals surface area contributed by atoms with Crippen LogP contribution in [0.5, 0.6) is 5.75 Å². The first-order chi connectivity index (χ1) is 9.82. The van der Waals surface area contributed by atoms with Crippen molar-refractivity contribution in [3.63, 3.8) is 0 Å². The molecule has 0 aliphatic heterocycles. The highest BCUT2D eigenvalue weighted by Crippen LogP contribution is 2.29. The molecule has 7 nitrogen and oxygen atoms in total. The Morgan fingerprint density at radius 1 is 1.38 bits per heavy atom. The van der Waals surface area contributed by atoms with Gasteiger partial charge in [0.05, 0.1) is 7.11 Å². The van der Waals surface area contributed by atoms with Gasteiger partial charge >= 0.3 is 0 Å². The highest BCUT2D eigenvalue weighted by atomic mass is 35.7. The maximum atomic E-state index is 12.0. The fourth-order valence-electron chi connectivity index (χ4n) is 1.74. The number of nitrogens with one attached hydrogen (secondary N) is 1. The van der Waals surface area contributed by atoms with Crippen LogP contribution in [0.25, 0.3) is 0 Å². The molecule has 0 fully saturated rings. The van der Waals surface area contributed by atoms with Gasteiger partial charge in [0.2, 0.25) is 0 Å². The third-order valence-electron chi connectivity index (χ3n) is 2.74. The molecule has 2 aromatic rings. The van der Waals surface area contributed by atoms with Crippen LogP contribution < -0.4 is 10.1 Å². The van der Waals surface area contributed by atoms with Gasteiger partial charge in [-0.3, -0.25) is 9.48 Å². The third kappa shape index (κ3) is 3.34. The molecule has 1 aromatic carbocycles. The van der Waals surface area contributed by atoms with Gasteiger partial charge in [0.25, 0.3) is 15.0 Å². The summed E-state index contributed by atoms with van der Waals surface area (Å²) in [5, 5.41) is 6.51. The van der Waals surface area contributed by atoms with Gasteiger partial charge in [-0.1, -0.05) is 0 Å². The summed E-state index contributed by atoms with van der Waals surface area (Å²) < 4.78 is 29.1. The fraction of sp³-hybridized carbons (Fsp3) is 0.167. The predicted molar refractivity (Wildman–Crippen MR) is 77.2 cm³/mol. The molecule has 0 aliphatic rings. The van der Waals surface area contributed by atoms with Crippen molar-refractivity contribution >= 4 is 31.3 Å². The Kier molecular flexibility index (Phi) is 4.19. The summed E-state index contributed by atoms with van der Waals surface area (Å²) in [7, 11) is 4.33. The molecule has 2 rings (SSSR count). The first kappa shape index (κ1) is 15.3. The lowest BCUT2D eigenvalue weighted by atomic mass is 10.3. The van der Waals surface area contributed by atoms with E-state index in [2.05, 4.69) is 10.4 Å². The second-order valence-corrected chi connectivity index (χ2v) is 6.63. The second kappa shape index (κ2) is 5.74. The Bertz CT molecular complexity index is 786. The van der Waals surface area contributed by atoms with Crippen molar-refractivity contribution in [3.8, 4) is 5.75 Å². The predicted octanol–water partition coefficient (Wildman–Crippen LogP) is 1.61. The van der Waals surface area contributed by atoms with E-state index >= 15 is 0 Å². The number of halogens is 1. The molecule has 0 unspecified atom stereocenters. The van der Waals surface area contributed by atoms with Gasteiger partial charge in [-0.15, -0.1) is 0 Å². The van der Waals surface area contributed by atoms with Crippen molar-refractivity contribution in [2.75, 3.05) is 12.4 Å². The van der Waals surface area contributed by atoms with Crippen LogP contribution >= 0.6 is 10.7 Å². The van der Waals surface area contributed by atoms with Gasteiger partial charge in [0, 0.05) is 35.7 Å². The van der Waals surface area contributed by atoms with E-state index in [0.29, 0.717) is 11.4 Å². The van der Waals surface area contributed by atoms with E-state index in [9.17, 15) is 13.2 Å². The summed E-state index contributed by atoms with van der Waals surface area (Å²) >= 11 is 0. The van der Waals surface area contributed by atoms with Crippen LogP contribution in [-0.4, -0.2) is 31.2 Å². The van der Waals surface area contributed by atoms with Gasteiger partial charge in [-0.2, -0.15) is 5.10 Å². The number of hydrogen-bond acceptors (Lipinski definition) is 5. The number of nitrogens with zero attached hydrogens (tertiary/aromatic N) is 2. The molecule has 0 saturated carbocycles. The fourth-order valence-corrected chi connectivity index (χ4v) is 2.73. The molecule has 1 aromatic heterocycles. The molecule has 9 heteroatoms. The summed E-state index contributed by atoms with van der Waals surface area (Å²) in [5.74, 6) is -0.327. The number of aromatic nitrogens is 2. The number of carbonyl (C=O) groups excluding carboxylic acids is 1. The van der Waals surface area contributed by atoms with E-state index in [-0.39, 0.29) is 16.6 Å². The number of hydrogen-bond donors (Lipinski definition) is 1. The van der Waals surface area contributed by atoms with Crippen LogP contribution in [0, 0.1) is 0 Å². The summed E-state index contributed by atoms with van der Waals surface area (Å²) in [4.78, 5) is 11.9. The van der Waals surface area contributed by atoms with E-state index in [1.165, 1.54) is 36.2 Å². The van der Waals surface area contributed by atoms with Crippen molar-refractivity contribution in [1.29, 1.82) is 0 Å². The van der Waals surface area contributed by atoms with Crippen molar-refractivity contribution in [2.24, 2.45) is 7.05 Å². The third-order valence-corrected chi connectivity index (χ3v) is 4.10. The molecule has 0 atom stereocenters. The molecule has 0 saturated heterocycles. The second-order valence-electron chi connectivity index (χ2n) is 4.10. The zero-order chi connectivity index (χ0) is 15.6. The van der Waals surface area contributed by atoms with Crippen molar-refractivity contribution < 1.29 is 17.9 Å². The van der Waals surface area contributed by atoms with E-state index in [4.69, 9.17) is 15.4 Å². The molecule has 0 aliphatic carbocycles. The Hall–Kier alpha value is -2.06. The number of anilines is 1. The number of amides is 1. The molecular formula is C12H12ClN3O4S. The monoisotopic (exact) mass is 329 g/mol. The summed E-state index contributed by atoms with van der Waals surface area (Å²) in [6.07, 6.45) is 1.50. The lowest BCUT2D eigenvalue weighted by Gasteiger charge is -2.10. The minimum absolute atomic E-state index is 0.0489. The van der Waals surface area contributed by atoms with Crippen molar-refractivity contribution in [3.05, 3.63) is 36.2 Å². The molecule has 112 valence electrons. The average Bonchev–Trinajstić information content (AvgIpc) is 2.83. The lowest BCUT2D eigenvalue weighted by Crippen LogP contribution is -2.16. The smallest absolute Gasteiger partial charge is 0.273 e. The Morgan fingerprint density at radius 2 is 2.10 bits per heavy atom. The van der Waals surface area contributed by atoms with Crippen LogP contribution in [0.3, 0.4) is 0 Å². The Morgan fingerprint density at radius 3 is 2.62 bits per heavy atom. The van der Waals surface area contributed by atoms with Crippen LogP contribution in [0.15, 0.2) is 35.4 Å². The molecule has 1 heterocycles. The maximum absolute atomic E-state index is 12.0. The van der Waals surface area contributed by atoms with Gasteiger partial charge in [0.1, 0.15) is 16.3 Å². The van der Waals surface area contributed by atoms with E-state index in [1.54, 1.807) is 13.1 Å². The molecule has 21 heavy (non-hydrogen) atoms. The van der Waals surface area contributed by atoms with Gasteiger partial charge in [-0.25, -0.2) is 8.42 Å². The molecule has 0 bridgehead atoms. The molecule has 0 radical (unpaired) electrons. The van der Waals surface area contributed by atoms with Gasteiger partial charge in [0.15, 0.2) is 0 Å². The summed E-state index contributed by atoms with van der Waals surface area (Å²) in [6.45, 7) is 0. The average molecular weight is 330 g/mol. The van der Waals surface area contributed by atoms with Crippen LogP contribution in [-0.2, 0) is 16.1 Å². The number of aryl methyl sites for hydroxylation is 1. The zero-order valence-electron chi connectivity index (χ0n) is 11.2. The van der Waals surface area contributed by atoms with Crippen LogP contribution in [0.2, 0.25) is 0 Å². The number of methoxy groups -OCH3 is 1.